The summed E-state index contributed by atoms with van der Waals surface area (Å²) < 4.78 is 5.21. The zero-order chi connectivity index (χ0) is 24.4. The molecule has 1 aliphatic heterocycles. The molecular weight excluding hydrogens is 452 g/mol. The third kappa shape index (κ3) is 3.22. The van der Waals surface area contributed by atoms with E-state index >= 15 is 0 Å². The van der Waals surface area contributed by atoms with Crippen molar-refractivity contribution in [2.75, 3.05) is 11.5 Å². The van der Waals surface area contributed by atoms with E-state index in [2.05, 4.69) is 12.2 Å². The van der Waals surface area contributed by atoms with Crippen LogP contribution in [-0.4, -0.2) is 35.1 Å². The second kappa shape index (κ2) is 7.69. The SMILES string of the molecule is O=C(COC(=O)c1ccccc1N1C(=O)[C@@H]2[C@H]3C=C[C@@H]([C@@H]4C[C@@H]34)[C@H]2C1=O)c1ccc([N+](=O)[O-])cc1. The molecule has 0 radical (unpaired) electrons. The van der Waals surface area contributed by atoms with E-state index < -0.39 is 35.1 Å². The Kier molecular flexibility index (Phi) is 4.70. The average Bonchev–Trinajstić information content (AvgIpc) is 3.65. The van der Waals surface area contributed by atoms with Crippen molar-refractivity contribution in [1.82, 2.24) is 0 Å². The molecule has 9 nitrogen and oxygen atoms in total. The van der Waals surface area contributed by atoms with Gasteiger partial charge >= 0.3 is 5.97 Å². The number of para-hydroxylation sites is 1. The first-order chi connectivity index (χ1) is 16.9. The van der Waals surface area contributed by atoms with Crippen LogP contribution in [0, 0.1) is 45.6 Å². The van der Waals surface area contributed by atoms with Gasteiger partial charge in [-0.15, -0.1) is 0 Å². The maximum absolute atomic E-state index is 13.4. The molecule has 3 fully saturated rings. The maximum Gasteiger partial charge on any atom is 0.340 e. The number of esters is 1. The first-order valence-corrected chi connectivity index (χ1v) is 11.5. The van der Waals surface area contributed by atoms with Crippen LogP contribution in [0.2, 0.25) is 0 Å². The number of nitro benzene ring substituents is 1. The molecule has 2 aromatic carbocycles. The van der Waals surface area contributed by atoms with Gasteiger partial charge in [-0.2, -0.15) is 0 Å². The lowest BCUT2D eigenvalue weighted by atomic mass is 9.63. The fourth-order valence-corrected chi connectivity index (χ4v) is 6.10. The Balaban J connectivity index is 1.21. The van der Waals surface area contributed by atoms with Crippen LogP contribution in [0.3, 0.4) is 0 Å². The number of benzene rings is 2. The molecule has 2 bridgehead atoms. The summed E-state index contributed by atoms with van der Waals surface area (Å²) in [7, 11) is 0. The van der Waals surface area contributed by atoms with Crippen LogP contribution in [0.15, 0.2) is 60.7 Å². The normalized spacial score (nSPS) is 29.5. The standard InChI is InChI=1S/C26H20N2O7/c29-21(13-5-7-14(8-6-13)28(33)34)12-35-26(32)17-3-1-2-4-20(17)27-24(30)22-15-9-10-16(19-11-18(15)19)23(22)25(27)31/h1-10,15-16,18-19,22-23H,11-12H2/t15-,16-,18-,19-,22+,23+/m0/s1. The Hall–Kier alpha value is -4.14. The molecular formula is C26H20N2O7. The topological polar surface area (TPSA) is 124 Å². The number of Topliss-reactive ketones (excluding diaryl/α,β-unsaturated/α-hetero) is 1. The number of hydrogen-bond donors (Lipinski definition) is 0. The van der Waals surface area contributed by atoms with Gasteiger partial charge in [0.05, 0.1) is 28.0 Å². The molecule has 0 aromatic heterocycles. The first kappa shape index (κ1) is 21.4. The highest BCUT2D eigenvalue weighted by atomic mass is 16.6. The van der Waals surface area contributed by atoms with Crippen LogP contribution in [0.5, 0.6) is 0 Å². The number of hydrogen-bond acceptors (Lipinski definition) is 7. The van der Waals surface area contributed by atoms with Gasteiger partial charge < -0.3 is 4.74 Å². The fourth-order valence-electron chi connectivity index (χ4n) is 6.10. The number of rotatable bonds is 6. The number of non-ortho nitro benzene ring substituents is 1. The summed E-state index contributed by atoms with van der Waals surface area (Å²) in [6.45, 7) is -0.588. The number of nitrogens with zero attached hydrogens (tertiary/aromatic N) is 2. The van der Waals surface area contributed by atoms with Crippen molar-refractivity contribution in [3.05, 3.63) is 81.9 Å². The minimum atomic E-state index is -0.838. The molecule has 4 aliphatic carbocycles. The number of ether oxygens (including phenoxy) is 1. The molecule has 35 heavy (non-hydrogen) atoms. The van der Waals surface area contributed by atoms with Crippen molar-refractivity contribution in [2.45, 2.75) is 6.42 Å². The summed E-state index contributed by atoms with van der Waals surface area (Å²) in [5.74, 6) is -1.67. The highest BCUT2D eigenvalue weighted by molar-refractivity contribution is 6.24. The number of nitro groups is 1. The van der Waals surface area contributed by atoms with Crippen molar-refractivity contribution in [1.29, 1.82) is 0 Å². The zero-order valence-electron chi connectivity index (χ0n) is 18.4. The lowest BCUT2D eigenvalue weighted by molar-refractivity contribution is -0.384. The Labute approximate surface area is 199 Å². The van der Waals surface area contributed by atoms with E-state index in [1.54, 1.807) is 12.1 Å². The number of imide groups is 1. The van der Waals surface area contributed by atoms with Crippen molar-refractivity contribution in [3.8, 4) is 0 Å². The van der Waals surface area contributed by atoms with E-state index in [0.717, 1.165) is 11.3 Å². The summed E-state index contributed by atoms with van der Waals surface area (Å²) in [5, 5.41) is 10.8. The number of ketones is 1. The largest absolute Gasteiger partial charge is 0.454 e. The van der Waals surface area contributed by atoms with E-state index in [1.165, 1.54) is 36.4 Å². The molecule has 0 unspecified atom stereocenters. The lowest BCUT2D eigenvalue weighted by Gasteiger charge is -2.37. The average molecular weight is 472 g/mol. The minimum Gasteiger partial charge on any atom is -0.454 e. The highest BCUT2D eigenvalue weighted by Crippen LogP contribution is 2.65. The zero-order valence-corrected chi connectivity index (χ0v) is 18.4. The van der Waals surface area contributed by atoms with E-state index in [1.807, 2.05) is 0 Å². The second-order valence-corrected chi connectivity index (χ2v) is 9.49. The predicted molar refractivity (Wildman–Crippen MR) is 121 cm³/mol. The van der Waals surface area contributed by atoms with Crippen LogP contribution in [0.25, 0.3) is 0 Å². The molecule has 0 spiro atoms. The van der Waals surface area contributed by atoms with Crippen molar-refractivity contribution < 1.29 is 28.8 Å². The fraction of sp³-hybridized carbons (Fsp3) is 0.308. The van der Waals surface area contributed by atoms with Crippen molar-refractivity contribution >= 4 is 34.9 Å². The van der Waals surface area contributed by atoms with Crippen LogP contribution in [0.4, 0.5) is 11.4 Å². The van der Waals surface area contributed by atoms with E-state index in [4.69, 9.17) is 4.74 Å². The van der Waals surface area contributed by atoms with Gasteiger partial charge in [0.25, 0.3) is 5.69 Å². The molecule has 5 aliphatic rings. The maximum atomic E-state index is 13.4. The van der Waals surface area contributed by atoms with Gasteiger partial charge in [-0.1, -0.05) is 24.3 Å². The van der Waals surface area contributed by atoms with Gasteiger partial charge in [-0.05, 0) is 54.4 Å². The van der Waals surface area contributed by atoms with E-state index in [0.29, 0.717) is 11.8 Å². The molecule has 1 saturated heterocycles. The Morgan fingerprint density at radius 2 is 1.54 bits per heavy atom. The predicted octanol–water partition coefficient (Wildman–Crippen LogP) is 3.19. The van der Waals surface area contributed by atoms with Gasteiger partial charge in [0.1, 0.15) is 0 Å². The van der Waals surface area contributed by atoms with Gasteiger partial charge in [-0.3, -0.25) is 24.5 Å². The number of carbonyl (C=O) groups is 4. The molecule has 2 amide bonds. The van der Waals surface area contributed by atoms with Crippen LogP contribution in [-0.2, 0) is 14.3 Å². The Bertz CT molecular complexity index is 1300. The number of carbonyl (C=O) groups excluding carboxylic acids is 4. The van der Waals surface area contributed by atoms with Crippen molar-refractivity contribution in [2.24, 2.45) is 35.5 Å². The summed E-state index contributed by atoms with van der Waals surface area (Å²) in [6.07, 6.45) is 5.22. The number of amides is 2. The van der Waals surface area contributed by atoms with Gasteiger partial charge in [0.2, 0.25) is 11.8 Å². The monoisotopic (exact) mass is 472 g/mol. The summed E-state index contributed by atoms with van der Waals surface area (Å²) in [6, 6.07) is 11.2. The molecule has 1 heterocycles. The lowest BCUT2D eigenvalue weighted by Crippen LogP contribution is -2.40. The first-order valence-electron chi connectivity index (χ1n) is 11.5. The third-order valence-corrected chi connectivity index (χ3v) is 7.76. The highest BCUT2D eigenvalue weighted by Gasteiger charge is 2.67. The van der Waals surface area contributed by atoms with Crippen LogP contribution in [0.1, 0.15) is 27.1 Å². The van der Waals surface area contributed by atoms with Gasteiger partial charge in [-0.25, -0.2) is 9.69 Å². The Morgan fingerprint density at radius 1 is 0.943 bits per heavy atom. The van der Waals surface area contributed by atoms with E-state index in [9.17, 15) is 29.3 Å². The van der Waals surface area contributed by atoms with Crippen LogP contribution < -0.4 is 4.90 Å². The Morgan fingerprint density at radius 3 is 2.14 bits per heavy atom. The smallest absolute Gasteiger partial charge is 0.340 e. The molecule has 0 N–H and O–H groups in total. The quantitative estimate of drug-likeness (QED) is 0.158. The minimum absolute atomic E-state index is 0.0230. The molecule has 6 atom stereocenters. The number of anilines is 1. The van der Waals surface area contributed by atoms with Gasteiger partial charge in [0.15, 0.2) is 12.4 Å². The van der Waals surface area contributed by atoms with Gasteiger partial charge in [0, 0.05) is 17.7 Å². The van der Waals surface area contributed by atoms with Crippen molar-refractivity contribution in [3.63, 3.8) is 0 Å². The molecule has 2 aromatic rings. The molecule has 9 heteroatoms. The second-order valence-electron chi connectivity index (χ2n) is 9.49. The molecule has 7 rings (SSSR count). The third-order valence-electron chi connectivity index (χ3n) is 7.76. The molecule has 2 saturated carbocycles. The number of allylic oxidation sites excluding steroid dienone is 2. The van der Waals surface area contributed by atoms with Crippen LogP contribution >= 0.6 is 0 Å². The summed E-state index contributed by atoms with van der Waals surface area (Å²) >= 11 is 0. The van der Waals surface area contributed by atoms with E-state index in [-0.39, 0.29) is 46.2 Å². The summed E-state index contributed by atoms with van der Waals surface area (Å²) in [4.78, 5) is 63.5. The summed E-state index contributed by atoms with van der Waals surface area (Å²) in [5.41, 5.74) is 0.189. The molecule has 176 valence electrons.